The molecule has 18 heavy (non-hydrogen) atoms. The van der Waals surface area contributed by atoms with Gasteiger partial charge in [0.05, 0.1) is 18.5 Å². The zero-order chi connectivity index (χ0) is 13.1. The van der Waals surface area contributed by atoms with Gasteiger partial charge in [-0.25, -0.2) is 0 Å². The van der Waals surface area contributed by atoms with E-state index in [9.17, 15) is 0 Å². The van der Waals surface area contributed by atoms with Crippen molar-refractivity contribution < 1.29 is 4.42 Å². The van der Waals surface area contributed by atoms with Crippen LogP contribution in [0.2, 0.25) is 0 Å². The van der Waals surface area contributed by atoms with Crippen LogP contribution in [-0.4, -0.2) is 27.8 Å². The second-order valence-electron chi connectivity index (χ2n) is 4.76. The summed E-state index contributed by atoms with van der Waals surface area (Å²) >= 11 is 0. The smallest absolute Gasteiger partial charge is 0.122 e. The Morgan fingerprint density at radius 2 is 2.33 bits per heavy atom. The van der Waals surface area contributed by atoms with Crippen molar-refractivity contribution in [2.75, 3.05) is 7.05 Å². The Bertz CT molecular complexity index is 475. The molecular formula is C13H20N4O. The van der Waals surface area contributed by atoms with Crippen LogP contribution in [0.15, 0.2) is 35.2 Å². The Morgan fingerprint density at radius 3 is 2.83 bits per heavy atom. The summed E-state index contributed by atoms with van der Waals surface area (Å²) in [6, 6.07) is 3.93. The van der Waals surface area contributed by atoms with Crippen molar-refractivity contribution in [2.45, 2.75) is 25.6 Å². The van der Waals surface area contributed by atoms with E-state index < -0.39 is 0 Å². The molecule has 0 saturated carbocycles. The van der Waals surface area contributed by atoms with Gasteiger partial charge in [-0.15, -0.1) is 0 Å². The Hall–Kier alpha value is -1.59. The van der Waals surface area contributed by atoms with E-state index in [0.717, 1.165) is 17.9 Å². The predicted molar refractivity (Wildman–Crippen MR) is 69.8 cm³/mol. The number of furan rings is 1. The number of hydrogen-bond acceptors (Lipinski definition) is 4. The van der Waals surface area contributed by atoms with Gasteiger partial charge in [-0.1, -0.05) is 0 Å². The number of aromatic nitrogens is 2. The molecule has 0 spiro atoms. The van der Waals surface area contributed by atoms with Crippen LogP contribution >= 0.6 is 0 Å². The molecule has 2 rings (SSSR count). The van der Waals surface area contributed by atoms with E-state index in [1.165, 1.54) is 0 Å². The molecular weight excluding hydrogens is 228 g/mol. The van der Waals surface area contributed by atoms with Crippen LogP contribution in [0.3, 0.4) is 0 Å². The second-order valence-corrected chi connectivity index (χ2v) is 4.76. The first-order valence-corrected chi connectivity index (χ1v) is 6.04. The summed E-state index contributed by atoms with van der Waals surface area (Å²) in [5.41, 5.74) is 7.23. The Balaban J connectivity index is 2.11. The van der Waals surface area contributed by atoms with Crippen molar-refractivity contribution in [3.05, 3.63) is 42.1 Å². The minimum absolute atomic E-state index is 0.00202. The molecule has 2 unspecified atom stereocenters. The monoisotopic (exact) mass is 248 g/mol. The summed E-state index contributed by atoms with van der Waals surface area (Å²) in [4.78, 5) is 2.18. The molecule has 0 aliphatic heterocycles. The third-order valence-corrected chi connectivity index (χ3v) is 3.00. The largest absolute Gasteiger partial charge is 0.468 e. The molecule has 0 bridgehead atoms. The van der Waals surface area contributed by atoms with Crippen molar-refractivity contribution in [2.24, 2.45) is 12.8 Å². The van der Waals surface area contributed by atoms with E-state index in [2.05, 4.69) is 10.00 Å². The molecule has 0 aliphatic carbocycles. The van der Waals surface area contributed by atoms with Gasteiger partial charge in [0.2, 0.25) is 0 Å². The zero-order valence-electron chi connectivity index (χ0n) is 11.1. The number of hydrogen-bond donors (Lipinski definition) is 1. The molecule has 98 valence electrons. The summed E-state index contributed by atoms with van der Waals surface area (Å²) in [5, 5.41) is 4.17. The average Bonchev–Trinajstić information content (AvgIpc) is 2.90. The van der Waals surface area contributed by atoms with Crippen LogP contribution in [0.1, 0.15) is 24.3 Å². The number of aryl methyl sites for hydroxylation is 1. The normalized spacial score (nSPS) is 14.9. The fourth-order valence-corrected chi connectivity index (χ4v) is 2.28. The molecule has 0 aromatic carbocycles. The topological polar surface area (TPSA) is 60.2 Å². The molecule has 2 aromatic rings. The van der Waals surface area contributed by atoms with Gasteiger partial charge in [0.25, 0.3) is 0 Å². The lowest BCUT2D eigenvalue weighted by molar-refractivity contribution is 0.184. The highest BCUT2D eigenvalue weighted by molar-refractivity contribution is 5.09. The first-order chi connectivity index (χ1) is 8.58. The van der Waals surface area contributed by atoms with Gasteiger partial charge in [0, 0.05) is 31.4 Å². The van der Waals surface area contributed by atoms with E-state index in [0.29, 0.717) is 0 Å². The molecule has 5 heteroatoms. The first-order valence-electron chi connectivity index (χ1n) is 6.04. The Labute approximate surface area is 107 Å². The first kappa shape index (κ1) is 12.9. The molecule has 2 heterocycles. The predicted octanol–water partition coefficient (Wildman–Crippen LogP) is 1.53. The van der Waals surface area contributed by atoms with Crippen LogP contribution in [0.4, 0.5) is 0 Å². The highest BCUT2D eigenvalue weighted by Gasteiger charge is 2.23. The second kappa shape index (κ2) is 5.37. The highest BCUT2D eigenvalue weighted by Crippen LogP contribution is 2.24. The van der Waals surface area contributed by atoms with Gasteiger partial charge >= 0.3 is 0 Å². The fourth-order valence-electron chi connectivity index (χ4n) is 2.28. The van der Waals surface area contributed by atoms with Gasteiger partial charge in [-0.05, 0) is 26.1 Å². The zero-order valence-corrected chi connectivity index (χ0v) is 11.1. The van der Waals surface area contributed by atoms with E-state index in [1.807, 2.05) is 45.5 Å². The minimum Gasteiger partial charge on any atom is -0.468 e. The lowest BCUT2D eigenvalue weighted by Crippen LogP contribution is -2.36. The molecule has 0 fully saturated rings. The van der Waals surface area contributed by atoms with Gasteiger partial charge in [-0.3, -0.25) is 9.58 Å². The Morgan fingerprint density at radius 1 is 1.56 bits per heavy atom. The number of nitrogens with two attached hydrogens (primary N) is 1. The van der Waals surface area contributed by atoms with Crippen molar-refractivity contribution in [3.8, 4) is 0 Å². The molecule has 0 saturated heterocycles. The summed E-state index contributed by atoms with van der Waals surface area (Å²) in [7, 11) is 3.96. The van der Waals surface area contributed by atoms with Crippen LogP contribution < -0.4 is 5.73 Å². The van der Waals surface area contributed by atoms with Crippen LogP contribution in [0.25, 0.3) is 0 Å². The molecule has 2 atom stereocenters. The standard InChI is InChI=1S/C13H20N4O/c1-10(14)13(12-5-4-6-18-12)16(2)8-11-7-15-17(3)9-11/h4-7,9-10,13H,8,14H2,1-3H3. The fraction of sp³-hybridized carbons (Fsp3) is 0.462. The average molecular weight is 248 g/mol. The SMILES string of the molecule is CC(N)C(c1ccco1)N(C)Cc1cnn(C)c1. The van der Waals surface area contributed by atoms with Gasteiger partial charge in [0.1, 0.15) is 5.76 Å². The maximum atomic E-state index is 6.07. The van der Waals surface area contributed by atoms with E-state index in [1.54, 1.807) is 10.9 Å². The number of rotatable bonds is 5. The summed E-state index contributed by atoms with van der Waals surface area (Å²) in [5.74, 6) is 0.899. The van der Waals surface area contributed by atoms with E-state index in [4.69, 9.17) is 10.2 Å². The van der Waals surface area contributed by atoms with Crippen LogP contribution in [-0.2, 0) is 13.6 Å². The van der Waals surface area contributed by atoms with Gasteiger partial charge in [0.15, 0.2) is 0 Å². The minimum atomic E-state index is -0.00202. The molecule has 2 aromatic heterocycles. The third kappa shape index (κ3) is 2.80. The summed E-state index contributed by atoms with van der Waals surface area (Å²) < 4.78 is 7.28. The maximum Gasteiger partial charge on any atom is 0.122 e. The van der Waals surface area contributed by atoms with Crippen molar-refractivity contribution in [1.29, 1.82) is 0 Å². The highest BCUT2D eigenvalue weighted by atomic mass is 16.3. The van der Waals surface area contributed by atoms with Crippen molar-refractivity contribution in [3.63, 3.8) is 0 Å². The molecule has 0 amide bonds. The van der Waals surface area contributed by atoms with Crippen LogP contribution in [0.5, 0.6) is 0 Å². The third-order valence-electron chi connectivity index (χ3n) is 3.00. The lowest BCUT2D eigenvalue weighted by atomic mass is 10.1. The molecule has 0 radical (unpaired) electrons. The number of nitrogens with zero attached hydrogens (tertiary/aromatic N) is 3. The summed E-state index contributed by atoms with van der Waals surface area (Å²) in [6.45, 7) is 2.79. The molecule has 2 N–H and O–H groups in total. The lowest BCUT2D eigenvalue weighted by Gasteiger charge is -2.29. The quantitative estimate of drug-likeness (QED) is 0.871. The van der Waals surface area contributed by atoms with E-state index >= 15 is 0 Å². The van der Waals surface area contributed by atoms with Crippen LogP contribution in [0, 0.1) is 0 Å². The van der Waals surface area contributed by atoms with E-state index in [-0.39, 0.29) is 12.1 Å². The van der Waals surface area contributed by atoms with Gasteiger partial charge in [-0.2, -0.15) is 5.10 Å². The van der Waals surface area contributed by atoms with Gasteiger partial charge < -0.3 is 10.2 Å². The maximum absolute atomic E-state index is 6.07. The number of likely N-dealkylation sites (N-methyl/N-ethyl adjacent to an activating group) is 1. The Kier molecular flexibility index (Phi) is 3.84. The summed E-state index contributed by atoms with van der Waals surface area (Å²) in [6.07, 6.45) is 5.57. The van der Waals surface area contributed by atoms with Crippen molar-refractivity contribution in [1.82, 2.24) is 14.7 Å². The van der Waals surface area contributed by atoms with Crippen molar-refractivity contribution >= 4 is 0 Å². The molecule has 0 aliphatic rings. The molecule has 5 nitrogen and oxygen atoms in total.